The van der Waals surface area contributed by atoms with E-state index < -0.39 is 12.1 Å². The van der Waals surface area contributed by atoms with Crippen molar-refractivity contribution < 1.29 is 23.1 Å². The lowest BCUT2D eigenvalue weighted by molar-refractivity contribution is -0.192. The number of halogens is 3. The number of alkyl halides is 3. The fourth-order valence-electron chi connectivity index (χ4n) is 1.12. The SMILES string of the molecule is O=C(O)C(F)(F)F.c1ccc(C2CNC2)nc1. The van der Waals surface area contributed by atoms with Crippen LogP contribution >= 0.6 is 0 Å². The molecule has 2 rings (SSSR count). The molecule has 1 fully saturated rings. The third kappa shape index (κ3) is 4.39. The summed E-state index contributed by atoms with van der Waals surface area (Å²) in [6.45, 7) is 2.19. The third-order valence-corrected chi connectivity index (χ3v) is 2.13. The van der Waals surface area contributed by atoms with Crippen LogP contribution in [0, 0.1) is 0 Å². The number of nitrogens with one attached hydrogen (secondary N) is 1. The van der Waals surface area contributed by atoms with Gasteiger partial charge >= 0.3 is 12.1 Å². The molecule has 1 aromatic heterocycles. The first-order valence-electron chi connectivity index (χ1n) is 4.83. The van der Waals surface area contributed by atoms with Crippen molar-refractivity contribution in [3.63, 3.8) is 0 Å². The Kier molecular flexibility index (Phi) is 4.45. The van der Waals surface area contributed by atoms with E-state index in [0.29, 0.717) is 5.92 Å². The van der Waals surface area contributed by atoms with Crippen molar-refractivity contribution in [2.45, 2.75) is 12.1 Å². The van der Waals surface area contributed by atoms with Crippen LogP contribution in [0.1, 0.15) is 11.6 Å². The van der Waals surface area contributed by atoms with Crippen molar-refractivity contribution in [1.82, 2.24) is 10.3 Å². The van der Waals surface area contributed by atoms with E-state index >= 15 is 0 Å². The zero-order valence-corrected chi connectivity index (χ0v) is 8.74. The summed E-state index contributed by atoms with van der Waals surface area (Å²) in [5.41, 5.74) is 1.22. The summed E-state index contributed by atoms with van der Waals surface area (Å²) in [6.07, 6.45) is -3.23. The first kappa shape index (κ1) is 13.4. The van der Waals surface area contributed by atoms with Gasteiger partial charge in [0.15, 0.2) is 0 Å². The molecule has 0 unspecified atom stereocenters. The highest BCUT2D eigenvalue weighted by molar-refractivity contribution is 5.73. The van der Waals surface area contributed by atoms with Crippen LogP contribution in [-0.4, -0.2) is 35.3 Å². The van der Waals surface area contributed by atoms with Crippen molar-refractivity contribution in [2.75, 3.05) is 13.1 Å². The maximum atomic E-state index is 10.6. The van der Waals surface area contributed by atoms with Crippen molar-refractivity contribution in [1.29, 1.82) is 0 Å². The first-order valence-corrected chi connectivity index (χ1v) is 4.83. The van der Waals surface area contributed by atoms with Crippen LogP contribution in [-0.2, 0) is 4.79 Å². The Hall–Kier alpha value is -1.63. The van der Waals surface area contributed by atoms with E-state index in [1.165, 1.54) is 5.69 Å². The van der Waals surface area contributed by atoms with Gasteiger partial charge in [-0.2, -0.15) is 13.2 Å². The first-order chi connectivity index (χ1) is 7.91. The monoisotopic (exact) mass is 248 g/mol. The molecule has 7 heteroatoms. The molecular weight excluding hydrogens is 237 g/mol. The van der Waals surface area contributed by atoms with Gasteiger partial charge in [-0.25, -0.2) is 4.79 Å². The molecular formula is C10H11F3N2O2. The summed E-state index contributed by atoms with van der Waals surface area (Å²) in [4.78, 5) is 13.2. The van der Waals surface area contributed by atoms with Gasteiger partial charge in [0.1, 0.15) is 0 Å². The van der Waals surface area contributed by atoms with E-state index in [9.17, 15) is 13.2 Å². The molecule has 17 heavy (non-hydrogen) atoms. The quantitative estimate of drug-likeness (QED) is 0.788. The molecule has 1 aliphatic heterocycles. The summed E-state index contributed by atoms with van der Waals surface area (Å²) in [7, 11) is 0. The Morgan fingerprint density at radius 2 is 2.00 bits per heavy atom. The Morgan fingerprint density at radius 1 is 1.41 bits per heavy atom. The molecule has 0 bridgehead atoms. The maximum Gasteiger partial charge on any atom is 0.490 e. The van der Waals surface area contributed by atoms with Gasteiger partial charge in [-0.3, -0.25) is 4.98 Å². The largest absolute Gasteiger partial charge is 0.490 e. The average Bonchev–Trinajstić information content (AvgIpc) is 2.16. The molecule has 0 radical (unpaired) electrons. The van der Waals surface area contributed by atoms with Crippen molar-refractivity contribution in [2.24, 2.45) is 0 Å². The van der Waals surface area contributed by atoms with Crippen LogP contribution in [0.25, 0.3) is 0 Å². The van der Waals surface area contributed by atoms with Gasteiger partial charge in [0.05, 0.1) is 0 Å². The van der Waals surface area contributed by atoms with Gasteiger partial charge in [0, 0.05) is 30.9 Å². The number of nitrogens with zero attached hydrogens (tertiary/aromatic N) is 1. The Balaban J connectivity index is 0.000000185. The van der Waals surface area contributed by atoms with Gasteiger partial charge in [0.25, 0.3) is 0 Å². The van der Waals surface area contributed by atoms with Gasteiger partial charge in [-0.15, -0.1) is 0 Å². The van der Waals surface area contributed by atoms with Crippen LogP contribution in [0.3, 0.4) is 0 Å². The van der Waals surface area contributed by atoms with Gasteiger partial charge in [-0.05, 0) is 12.1 Å². The number of pyridine rings is 1. The van der Waals surface area contributed by atoms with E-state index in [0.717, 1.165) is 13.1 Å². The molecule has 4 nitrogen and oxygen atoms in total. The molecule has 0 atom stereocenters. The predicted octanol–water partition coefficient (Wildman–Crippen LogP) is 1.40. The van der Waals surface area contributed by atoms with Crippen molar-refractivity contribution >= 4 is 5.97 Å². The highest BCUT2D eigenvalue weighted by Crippen LogP contribution is 2.15. The summed E-state index contributed by atoms with van der Waals surface area (Å²) in [5, 5.41) is 10.3. The van der Waals surface area contributed by atoms with E-state index in [2.05, 4.69) is 16.4 Å². The van der Waals surface area contributed by atoms with Crippen molar-refractivity contribution in [3.8, 4) is 0 Å². The maximum absolute atomic E-state index is 10.6. The zero-order chi connectivity index (χ0) is 12.9. The number of carboxylic acid groups (broad SMARTS) is 1. The second kappa shape index (κ2) is 5.62. The van der Waals surface area contributed by atoms with Crippen LogP contribution in [0.5, 0.6) is 0 Å². The molecule has 1 aliphatic rings. The normalized spacial score (nSPS) is 15.5. The number of carboxylic acids is 1. The average molecular weight is 248 g/mol. The zero-order valence-electron chi connectivity index (χ0n) is 8.74. The molecule has 94 valence electrons. The Bertz CT molecular complexity index is 364. The second-order valence-corrected chi connectivity index (χ2v) is 3.41. The second-order valence-electron chi connectivity index (χ2n) is 3.41. The topological polar surface area (TPSA) is 62.2 Å². The molecule has 2 heterocycles. The van der Waals surface area contributed by atoms with E-state index in [1.54, 1.807) is 0 Å². The number of aliphatic carboxylic acids is 1. The molecule has 1 saturated heterocycles. The minimum Gasteiger partial charge on any atom is -0.475 e. The molecule has 0 saturated carbocycles. The highest BCUT2D eigenvalue weighted by atomic mass is 19.4. The lowest BCUT2D eigenvalue weighted by Crippen LogP contribution is -2.40. The third-order valence-electron chi connectivity index (χ3n) is 2.13. The lowest BCUT2D eigenvalue weighted by Gasteiger charge is -2.26. The Labute approximate surface area is 95.5 Å². The minimum atomic E-state index is -5.08. The van der Waals surface area contributed by atoms with Gasteiger partial charge in [-0.1, -0.05) is 6.07 Å². The predicted molar refractivity (Wildman–Crippen MR) is 53.5 cm³/mol. The smallest absolute Gasteiger partial charge is 0.475 e. The van der Waals surface area contributed by atoms with Crippen LogP contribution < -0.4 is 5.32 Å². The molecule has 0 aliphatic carbocycles. The van der Waals surface area contributed by atoms with E-state index in [-0.39, 0.29) is 0 Å². The minimum absolute atomic E-state index is 0.668. The van der Waals surface area contributed by atoms with Gasteiger partial charge < -0.3 is 10.4 Å². The van der Waals surface area contributed by atoms with Crippen molar-refractivity contribution in [3.05, 3.63) is 30.1 Å². The number of aromatic nitrogens is 1. The fraction of sp³-hybridized carbons (Fsp3) is 0.400. The van der Waals surface area contributed by atoms with E-state index in [4.69, 9.17) is 9.90 Å². The number of hydrogen-bond acceptors (Lipinski definition) is 3. The summed E-state index contributed by atoms with van der Waals surface area (Å²) >= 11 is 0. The molecule has 2 N–H and O–H groups in total. The molecule has 0 aromatic carbocycles. The summed E-state index contributed by atoms with van der Waals surface area (Å²) < 4.78 is 31.7. The lowest BCUT2D eigenvalue weighted by atomic mass is 9.99. The summed E-state index contributed by atoms with van der Waals surface area (Å²) in [6, 6.07) is 6.09. The van der Waals surface area contributed by atoms with Gasteiger partial charge in [0.2, 0.25) is 0 Å². The Morgan fingerprint density at radius 3 is 2.29 bits per heavy atom. The number of rotatable bonds is 1. The van der Waals surface area contributed by atoms with Crippen LogP contribution in [0.2, 0.25) is 0 Å². The number of hydrogen-bond donors (Lipinski definition) is 2. The fourth-order valence-corrected chi connectivity index (χ4v) is 1.12. The number of carbonyl (C=O) groups is 1. The molecule has 0 spiro atoms. The van der Waals surface area contributed by atoms with E-state index in [1.807, 2.05) is 18.3 Å². The standard InChI is InChI=1S/C8H10N2.C2HF3O2/c1-2-4-10-8(3-1)7-5-9-6-7;3-2(4,5)1(6)7/h1-4,7,9H,5-6H2;(H,6,7). The summed E-state index contributed by atoms with van der Waals surface area (Å²) in [5.74, 6) is -2.09. The molecule has 0 amide bonds. The highest BCUT2D eigenvalue weighted by Gasteiger charge is 2.38. The van der Waals surface area contributed by atoms with Crippen LogP contribution in [0.4, 0.5) is 13.2 Å². The molecule has 1 aromatic rings. The van der Waals surface area contributed by atoms with Crippen LogP contribution in [0.15, 0.2) is 24.4 Å².